The molecule has 30 nitrogen and oxygen atoms in total. The van der Waals surface area contributed by atoms with Gasteiger partial charge in [0.1, 0.15) is 88.1 Å². The van der Waals surface area contributed by atoms with Gasteiger partial charge in [-0.15, -0.1) is 26.3 Å². The number of aromatic nitrogens is 6. The molecular formula is C100H130F9N12O18V3-3. The van der Waals surface area contributed by atoms with E-state index in [1.807, 2.05) is 110 Å². The number of benzene rings is 3. The molecule has 3 aromatic heterocycles. The van der Waals surface area contributed by atoms with Gasteiger partial charge in [0.15, 0.2) is 0 Å². The zero-order valence-corrected chi connectivity index (χ0v) is 86.6. The number of nitrogens with zero attached hydrogens (tertiary/aromatic N) is 9. The van der Waals surface area contributed by atoms with Gasteiger partial charge in [0.05, 0.1) is 52.7 Å². The fourth-order valence-corrected chi connectivity index (χ4v) is 21.5. The van der Waals surface area contributed by atoms with Crippen molar-refractivity contribution in [3.8, 4) is 34.9 Å². The number of halogens is 9. The predicted molar refractivity (Wildman–Crippen MR) is 492 cm³/mol. The third kappa shape index (κ3) is 28.2. The summed E-state index contributed by atoms with van der Waals surface area (Å²) in [6, 6.07) is 6.80. The van der Waals surface area contributed by atoms with E-state index in [2.05, 4.69) is 41.7 Å². The summed E-state index contributed by atoms with van der Waals surface area (Å²) in [6.45, 7) is 22.7. The van der Waals surface area contributed by atoms with E-state index in [4.69, 9.17) is 48.4 Å². The molecule has 6 bridgehead atoms. The van der Waals surface area contributed by atoms with Gasteiger partial charge in [-0.2, -0.15) is 13.2 Å². The van der Waals surface area contributed by atoms with Crippen molar-refractivity contribution in [2.75, 3.05) is 19.6 Å². The minimum atomic E-state index is -4.87. The summed E-state index contributed by atoms with van der Waals surface area (Å²) in [5.41, 5.74) is 0.799. The van der Waals surface area contributed by atoms with Crippen LogP contribution >= 0.6 is 0 Å². The maximum Gasteiger partial charge on any atom is 0.573 e. The van der Waals surface area contributed by atoms with Crippen molar-refractivity contribution in [1.29, 1.82) is 0 Å². The molecule has 0 spiro atoms. The Balaban J connectivity index is 0.000000232. The van der Waals surface area contributed by atoms with Crippen molar-refractivity contribution in [1.82, 2.24) is 60.6 Å². The quantitative estimate of drug-likeness (QED) is 0.0624. The topological polar surface area (TPSA) is 371 Å². The van der Waals surface area contributed by atoms with Gasteiger partial charge >= 0.3 is 37.7 Å². The summed E-state index contributed by atoms with van der Waals surface area (Å²) in [5.74, 6) is -0.831. The van der Waals surface area contributed by atoms with Crippen molar-refractivity contribution in [3.63, 3.8) is 0 Å². The Morgan fingerprint density at radius 2 is 0.796 bits per heavy atom. The van der Waals surface area contributed by atoms with Crippen LogP contribution in [0.3, 0.4) is 0 Å². The number of hydrogen-bond donors (Lipinski definition) is 4. The van der Waals surface area contributed by atoms with Gasteiger partial charge in [0, 0.05) is 81.2 Å². The third-order valence-corrected chi connectivity index (χ3v) is 29.1. The molecule has 42 heteroatoms. The van der Waals surface area contributed by atoms with Crippen LogP contribution in [0.1, 0.15) is 250 Å². The van der Waals surface area contributed by atoms with Gasteiger partial charge in [-0.1, -0.05) is 159 Å². The zero-order chi connectivity index (χ0) is 101. The standard InChI is InChI=1S/C34H42F3N4O6.C34H44F3N4O6.C31H41N4O6.CHF3.3V.H2/c1-5-20-26(17-42)41-16-28(20)45-30-24(38-23-12-11-19(15-25(23)39-30)47-34(35,36)37)10-8-6-7-9-21-22-13-18(22)14-27(21)46-32(44)40-29(31(41)43)33(2,3)4;1-6-22-26(19-42)41-18-27(22)45-29-24(38-23-15-14-21(17-25(23)39-29)46-34(35,36)37)13-9-7-8-11-20-12-10-16-33(20,5)47-31(44)40-28(30(41)43)32(2,3)4;1-6-20-24(17-36)35-16-25(20)40-27-22(32-21-13-12-19(37)14-23(21)33-27)11-9-7-8-10-18-15-31(18,5)41-29(39)34-26(28(35)38)30(2,3)4;2-1(3)4;;;;/h11-12,15,18,20-22,26-29H,5-10,13-14,16H2,1-4H3,(H,40,44);14-15,17,20,22,26-28H,6-13,16,18H2,1-5H3,(H,40,44);12-14,18,20,24-26,37H,6-11,15-16H2,1-5H3,(H,34,39);1H;;;;1H/q3*-1;;;;;/t18?,20-,21+,22?,26+,27+,28-,29+;20-,22+,26-,27+,28-,33-;18-,20+,24-,25+,26-,31-;;;;;/m011...../s1. The summed E-state index contributed by atoms with van der Waals surface area (Å²) in [4.78, 5) is 152. The smallest absolute Gasteiger partial charge is 0.540 e. The molecule has 4 N–H and O–H groups in total. The van der Waals surface area contributed by atoms with E-state index in [0.717, 1.165) is 133 Å². The molecule has 6 aliphatic heterocycles. The van der Waals surface area contributed by atoms with Crippen molar-refractivity contribution < 1.29 is 183 Å². The largest absolute Gasteiger partial charge is 0.573 e. The van der Waals surface area contributed by atoms with E-state index in [0.29, 0.717) is 89.7 Å². The second-order valence-corrected chi connectivity index (χ2v) is 42.1. The minimum Gasteiger partial charge on any atom is -0.540 e. The van der Waals surface area contributed by atoms with E-state index < -0.39 is 155 Å². The number of amides is 6. The summed E-state index contributed by atoms with van der Waals surface area (Å²) in [5, 5.41) is 18.5. The number of nitrogens with one attached hydrogen (secondary N) is 3. The number of ether oxygens (including phenoxy) is 8. The molecule has 142 heavy (non-hydrogen) atoms. The third-order valence-electron chi connectivity index (χ3n) is 29.1. The van der Waals surface area contributed by atoms with Gasteiger partial charge in [-0.3, -0.25) is 14.4 Å². The Morgan fingerprint density at radius 3 is 1.17 bits per heavy atom. The van der Waals surface area contributed by atoms with Crippen LogP contribution in [0.25, 0.3) is 33.1 Å². The Kier molecular flexibility index (Phi) is 38.4. The number of fused-ring (bicyclic) bond motifs is 17. The molecule has 4 aliphatic carbocycles. The maximum atomic E-state index is 14.2. The Labute approximate surface area is 858 Å². The first-order chi connectivity index (χ1) is 65.5. The normalized spacial score (nSPS) is 29.5. The molecule has 6 amide bonds. The van der Waals surface area contributed by atoms with Crippen molar-refractivity contribution in [2.24, 2.45) is 63.6 Å². The van der Waals surface area contributed by atoms with Crippen molar-refractivity contribution in [3.05, 3.63) is 71.7 Å². The molecule has 3 aromatic carbocycles. The van der Waals surface area contributed by atoms with Crippen LogP contribution in [0.15, 0.2) is 54.6 Å². The number of aromatic hydroxyl groups is 1. The number of aryl methyl sites for hydroxylation is 3. The number of carbonyl (C=O) groups excluding carboxylic acids is 9. The fraction of sp³-hybridized carbons (Fsp3) is 0.670. The fourth-order valence-electron chi connectivity index (χ4n) is 21.5. The van der Waals surface area contributed by atoms with E-state index >= 15 is 0 Å². The zero-order valence-electron chi connectivity index (χ0n) is 82.4. The van der Waals surface area contributed by atoms with E-state index in [1.54, 1.807) is 18.2 Å². The monoisotopic (exact) mass is 2110 g/mol. The molecule has 3 saturated heterocycles. The second-order valence-electron chi connectivity index (χ2n) is 42.1. The van der Waals surface area contributed by atoms with E-state index in [9.17, 15) is 87.8 Å². The molecule has 4 saturated carbocycles. The number of hydrogen-bond acceptors (Lipinski definition) is 24. The number of phenols is 1. The SMILES string of the molecule is CC[C@@H]1[C@@H]2CN(C(=O)[C@H](C(C)(C)C)NC(=O)O[C@@H]3CC4CC4[C@H]3CCCCCc3nc4ccc(OC(F)(F)F)cc4nc3O2)[C@@H]1[C-]=O.CC[C@@H]1[C@@H]2CN(C(=O)[C@H](C(C)(C)C)NC(=O)O[C@]3(C)CCC[C@H]3CCCCCc3nc4ccc(OC(F)(F)F)cc4nc3O2)[C@@H]1[C-]=O.CC[C@@H]1[C@@H]2CN(C(=O)[C@H](C(C)(C)C)NC(=O)O[C@]3(C)C[C@H]3CCCCCc3nc4ccc(O)cc4nc3O2)[C@@H]1[C-]=O.FC(F)F.[HH].[V].[V].[V]. The Bertz CT molecular complexity index is 5330. The van der Waals surface area contributed by atoms with Crippen molar-refractivity contribution >= 4 is 88.0 Å². The molecule has 16 rings (SSSR count). The van der Waals surface area contributed by atoms with Crippen LogP contribution in [0.5, 0.6) is 34.9 Å². The molecule has 779 valence electrons. The number of alkyl halides is 9. The van der Waals surface area contributed by atoms with Crippen LogP contribution in [-0.2, 0) is 118 Å². The van der Waals surface area contributed by atoms with Crippen molar-refractivity contribution in [2.45, 2.75) is 342 Å². The average molecular weight is 2110 g/mol. The van der Waals surface area contributed by atoms with Crippen LogP contribution < -0.4 is 39.6 Å². The minimum absolute atomic E-state index is 0. The Morgan fingerprint density at radius 1 is 0.444 bits per heavy atom. The molecule has 3 radical (unpaired) electrons. The van der Waals surface area contributed by atoms with Crippen LogP contribution in [0, 0.1) is 63.6 Å². The van der Waals surface area contributed by atoms with Gasteiger partial charge in [-0.05, 0) is 204 Å². The van der Waals surface area contributed by atoms with E-state index in [-0.39, 0.29) is 141 Å². The molecule has 6 aromatic rings. The maximum absolute atomic E-state index is 14.2. The van der Waals surface area contributed by atoms with Gasteiger partial charge < -0.3 is 88.0 Å². The van der Waals surface area contributed by atoms with Gasteiger partial charge in [-0.25, -0.2) is 63.1 Å². The van der Waals surface area contributed by atoms with Crippen LogP contribution in [0.2, 0.25) is 0 Å². The molecule has 7 fully saturated rings. The van der Waals surface area contributed by atoms with Crippen LogP contribution in [-0.4, -0.2) is 215 Å². The molecular weight excluding hydrogens is 1980 g/mol. The van der Waals surface area contributed by atoms with E-state index in [1.165, 1.54) is 39.0 Å². The first kappa shape index (κ1) is 115. The van der Waals surface area contributed by atoms with Crippen LogP contribution in [0.4, 0.5) is 53.9 Å². The number of alkyl carbamates (subject to hydrolysis) is 3. The first-order valence-corrected chi connectivity index (χ1v) is 48.6. The molecule has 2 unspecified atom stereocenters. The summed E-state index contributed by atoms with van der Waals surface area (Å²) in [7, 11) is 0. The van der Waals surface area contributed by atoms with Gasteiger partial charge in [0.2, 0.25) is 35.4 Å². The summed E-state index contributed by atoms with van der Waals surface area (Å²) >= 11 is 0. The first-order valence-electron chi connectivity index (χ1n) is 48.6. The second kappa shape index (κ2) is 47.6. The number of rotatable bonds is 8. The summed E-state index contributed by atoms with van der Waals surface area (Å²) in [6.07, 6.45) is 11.6. The molecule has 10 aliphatic rings. The molecule has 20 atom stereocenters. The average Bonchev–Trinajstić information content (AvgIpc) is 1.59. The summed E-state index contributed by atoms with van der Waals surface area (Å²) < 4.78 is 152. The Hall–Kier alpha value is -9.17. The number of phenolic OH excluding ortho intramolecular Hbond substituents is 1. The molecule has 9 heterocycles. The predicted octanol–water partition coefficient (Wildman–Crippen LogP) is 18.2. The van der Waals surface area contributed by atoms with Gasteiger partial charge in [0.25, 0.3) is 0 Å². The number of carbonyl (C=O) groups is 6.